The summed E-state index contributed by atoms with van der Waals surface area (Å²) in [5, 5.41) is 25.8. The smallest absolute Gasteiger partial charge is 0.178 e. The summed E-state index contributed by atoms with van der Waals surface area (Å²) in [7, 11) is 1.52. The van der Waals surface area contributed by atoms with E-state index in [1.165, 1.54) is 34.8 Å². The first-order valence-corrected chi connectivity index (χ1v) is 11.4. The molecule has 1 aliphatic rings. The summed E-state index contributed by atoms with van der Waals surface area (Å²) in [6.07, 6.45) is 2.13. The van der Waals surface area contributed by atoms with Gasteiger partial charge in [-0.1, -0.05) is 22.0 Å². The minimum Gasteiger partial charge on any atom is -0.394 e. The highest BCUT2D eigenvalue weighted by Crippen LogP contribution is 2.34. The molecule has 1 fully saturated rings. The van der Waals surface area contributed by atoms with Gasteiger partial charge in [-0.15, -0.1) is 10.2 Å². The van der Waals surface area contributed by atoms with Gasteiger partial charge in [-0.25, -0.2) is 22.5 Å². The number of methoxy groups -OCH3 is 1. The number of hydrogen-bond acceptors (Lipinski definition) is 7. The van der Waals surface area contributed by atoms with E-state index in [2.05, 4.69) is 20.6 Å². The molecule has 0 spiro atoms. The SMILES string of the molecule is COC1C(Cc2cn(C(C)(C)CF)nn2)OC(CO)CC1n1cc(-c2ccc(Cl)c(F)c2F)nn1. The molecule has 1 N–H and O–H groups in total. The summed E-state index contributed by atoms with van der Waals surface area (Å²) in [6.45, 7) is 2.55. The minimum atomic E-state index is -1.16. The Morgan fingerprint density at radius 3 is 2.66 bits per heavy atom. The number of aliphatic hydroxyl groups excluding tert-OH is 1. The molecule has 4 rings (SSSR count). The maximum atomic E-state index is 14.4. The fraction of sp³-hybridized carbons (Fsp3) is 0.545. The van der Waals surface area contributed by atoms with Crippen LogP contribution in [0.25, 0.3) is 11.3 Å². The van der Waals surface area contributed by atoms with Gasteiger partial charge in [0.1, 0.15) is 18.5 Å². The summed E-state index contributed by atoms with van der Waals surface area (Å²) >= 11 is 5.65. The zero-order valence-electron chi connectivity index (χ0n) is 19.4. The number of ether oxygens (including phenoxy) is 2. The molecule has 4 atom stereocenters. The van der Waals surface area contributed by atoms with Crippen molar-refractivity contribution in [2.24, 2.45) is 0 Å². The van der Waals surface area contributed by atoms with Gasteiger partial charge in [-0.05, 0) is 26.0 Å². The topological polar surface area (TPSA) is 100 Å². The van der Waals surface area contributed by atoms with Gasteiger partial charge in [0.25, 0.3) is 0 Å². The highest BCUT2D eigenvalue weighted by molar-refractivity contribution is 6.30. The van der Waals surface area contributed by atoms with E-state index in [0.717, 1.165) is 0 Å². The van der Waals surface area contributed by atoms with Crippen LogP contribution in [0.3, 0.4) is 0 Å². The molecule has 0 amide bonds. The molecule has 9 nitrogen and oxygen atoms in total. The van der Waals surface area contributed by atoms with Gasteiger partial charge in [-0.2, -0.15) is 0 Å². The zero-order chi connectivity index (χ0) is 25.3. The first-order valence-electron chi connectivity index (χ1n) is 11.0. The van der Waals surface area contributed by atoms with Crippen LogP contribution >= 0.6 is 11.6 Å². The Hall–Kier alpha value is -2.54. The largest absolute Gasteiger partial charge is 0.394 e. The van der Waals surface area contributed by atoms with Gasteiger partial charge in [0.15, 0.2) is 11.6 Å². The Morgan fingerprint density at radius 2 is 1.97 bits per heavy atom. The fourth-order valence-corrected chi connectivity index (χ4v) is 4.27. The monoisotopic (exact) mass is 514 g/mol. The van der Waals surface area contributed by atoms with Crippen LogP contribution in [0.15, 0.2) is 24.5 Å². The molecule has 1 aromatic carbocycles. The molecule has 0 saturated carbocycles. The van der Waals surface area contributed by atoms with E-state index in [-0.39, 0.29) is 29.3 Å². The van der Waals surface area contributed by atoms with Crippen LogP contribution < -0.4 is 0 Å². The molecule has 1 saturated heterocycles. The average Bonchev–Trinajstić information content (AvgIpc) is 3.53. The molecule has 190 valence electrons. The minimum absolute atomic E-state index is 0.0819. The molecule has 1 aliphatic heterocycles. The van der Waals surface area contributed by atoms with Crippen molar-refractivity contribution in [1.82, 2.24) is 30.0 Å². The molecule has 4 unspecified atom stereocenters. The number of rotatable bonds is 8. The standard InChI is InChI=1S/C22H26ClF3N6O3/c1-22(2,11-24)32-8-12(27-30-32)6-18-21(34-3)17(7-13(10-33)35-18)31-9-16(28-29-31)14-4-5-15(23)20(26)19(14)25/h4-5,8-9,13,17-18,21,33H,6-7,10-11H2,1-3H3. The summed E-state index contributed by atoms with van der Waals surface area (Å²) in [5.74, 6) is -2.28. The lowest BCUT2D eigenvalue weighted by atomic mass is 9.93. The van der Waals surface area contributed by atoms with Crippen LogP contribution in [0, 0.1) is 11.6 Å². The van der Waals surface area contributed by atoms with Crippen LogP contribution in [0.4, 0.5) is 13.2 Å². The number of nitrogens with zero attached hydrogens (tertiary/aromatic N) is 6. The first kappa shape index (κ1) is 25.5. The van der Waals surface area contributed by atoms with Crippen LogP contribution in [-0.2, 0) is 21.4 Å². The number of halogens is 4. The van der Waals surface area contributed by atoms with Gasteiger partial charge >= 0.3 is 0 Å². The molecule has 3 heterocycles. The van der Waals surface area contributed by atoms with E-state index in [9.17, 15) is 18.3 Å². The van der Waals surface area contributed by atoms with Crippen molar-refractivity contribution in [1.29, 1.82) is 0 Å². The van der Waals surface area contributed by atoms with Crippen molar-refractivity contribution in [2.45, 2.75) is 56.6 Å². The van der Waals surface area contributed by atoms with E-state index in [1.807, 2.05) is 0 Å². The molecular formula is C22H26ClF3N6O3. The molecule has 0 bridgehead atoms. The maximum absolute atomic E-state index is 14.4. The summed E-state index contributed by atoms with van der Waals surface area (Å²) < 4.78 is 56.5. The Kier molecular flexibility index (Phi) is 7.46. The lowest BCUT2D eigenvalue weighted by Crippen LogP contribution is -2.49. The van der Waals surface area contributed by atoms with Crippen LogP contribution in [0.2, 0.25) is 5.02 Å². The van der Waals surface area contributed by atoms with Crippen molar-refractivity contribution in [2.75, 3.05) is 20.4 Å². The van der Waals surface area contributed by atoms with Gasteiger partial charge in [0.2, 0.25) is 0 Å². The number of alkyl halides is 1. The third-order valence-corrected chi connectivity index (χ3v) is 6.44. The highest BCUT2D eigenvalue weighted by atomic mass is 35.5. The summed E-state index contributed by atoms with van der Waals surface area (Å²) in [5.41, 5.74) is -0.244. The molecule has 3 aromatic rings. The highest BCUT2D eigenvalue weighted by Gasteiger charge is 2.41. The van der Waals surface area contributed by atoms with E-state index >= 15 is 0 Å². The summed E-state index contributed by atoms with van der Waals surface area (Å²) in [6, 6.07) is 2.14. The third-order valence-electron chi connectivity index (χ3n) is 6.15. The van der Waals surface area contributed by atoms with Crippen molar-refractivity contribution < 1.29 is 27.8 Å². The van der Waals surface area contributed by atoms with Crippen molar-refractivity contribution in [3.8, 4) is 11.3 Å². The maximum Gasteiger partial charge on any atom is 0.178 e. The molecular weight excluding hydrogens is 489 g/mol. The zero-order valence-corrected chi connectivity index (χ0v) is 20.2. The van der Waals surface area contributed by atoms with Crippen molar-refractivity contribution >= 4 is 11.6 Å². The van der Waals surface area contributed by atoms with Crippen molar-refractivity contribution in [3.63, 3.8) is 0 Å². The van der Waals surface area contributed by atoms with E-state index < -0.39 is 48.2 Å². The second-order valence-electron chi connectivity index (χ2n) is 9.09. The fourth-order valence-electron chi connectivity index (χ4n) is 4.12. The Balaban J connectivity index is 1.60. The molecule has 0 aliphatic carbocycles. The van der Waals surface area contributed by atoms with Gasteiger partial charge < -0.3 is 14.6 Å². The van der Waals surface area contributed by atoms with Crippen LogP contribution in [0.5, 0.6) is 0 Å². The molecule has 2 aromatic heterocycles. The predicted octanol–water partition coefficient (Wildman–Crippen LogP) is 3.12. The van der Waals surface area contributed by atoms with Crippen LogP contribution in [-0.4, -0.2) is 73.8 Å². The van der Waals surface area contributed by atoms with Gasteiger partial charge in [0, 0.05) is 31.7 Å². The second kappa shape index (κ2) is 10.2. The number of aliphatic hydroxyl groups is 1. The average molecular weight is 515 g/mol. The van der Waals surface area contributed by atoms with Gasteiger partial charge in [-0.3, -0.25) is 0 Å². The Labute approximate surface area is 204 Å². The van der Waals surface area contributed by atoms with Gasteiger partial charge in [0.05, 0.1) is 47.3 Å². The number of benzene rings is 1. The molecule has 13 heteroatoms. The second-order valence-corrected chi connectivity index (χ2v) is 9.50. The Morgan fingerprint density at radius 1 is 1.20 bits per heavy atom. The summed E-state index contributed by atoms with van der Waals surface area (Å²) in [4.78, 5) is 0. The van der Waals surface area contributed by atoms with Crippen LogP contribution in [0.1, 0.15) is 32.0 Å². The van der Waals surface area contributed by atoms with Crippen molar-refractivity contribution in [3.05, 3.63) is 46.9 Å². The third kappa shape index (κ3) is 5.06. The normalized spacial score (nSPS) is 23.1. The van der Waals surface area contributed by atoms with E-state index in [0.29, 0.717) is 12.1 Å². The molecule has 0 radical (unpaired) electrons. The Bertz CT molecular complexity index is 1170. The quantitative estimate of drug-likeness (QED) is 0.461. The molecule has 35 heavy (non-hydrogen) atoms. The number of hydrogen-bond donors (Lipinski definition) is 1. The van der Waals surface area contributed by atoms with E-state index in [4.69, 9.17) is 21.1 Å². The predicted molar refractivity (Wildman–Crippen MR) is 120 cm³/mol. The number of aromatic nitrogens is 6. The lowest BCUT2D eigenvalue weighted by molar-refractivity contribution is -0.162. The lowest BCUT2D eigenvalue weighted by Gasteiger charge is -2.40. The first-order chi connectivity index (χ1) is 16.7. The van der Waals surface area contributed by atoms with E-state index in [1.54, 1.807) is 20.0 Å².